The summed E-state index contributed by atoms with van der Waals surface area (Å²) < 4.78 is 6.69. The van der Waals surface area contributed by atoms with Crippen LogP contribution in [0.25, 0.3) is 10.2 Å². The number of carbonyl (C=O) groups excluding carboxylic acids is 2. The summed E-state index contributed by atoms with van der Waals surface area (Å²) in [5.74, 6) is 1.19. The lowest BCUT2D eigenvalue weighted by molar-refractivity contribution is -0.133. The number of nitrogens with one attached hydrogen (secondary N) is 1. The summed E-state index contributed by atoms with van der Waals surface area (Å²) in [7, 11) is 0. The number of rotatable bonds is 10. The Balaban J connectivity index is 1.46. The van der Waals surface area contributed by atoms with E-state index in [0.29, 0.717) is 41.1 Å². The van der Waals surface area contributed by atoms with Crippen LogP contribution >= 0.6 is 34.7 Å². The van der Waals surface area contributed by atoms with Crippen LogP contribution in [0.2, 0.25) is 5.02 Å². The van der Waals surface area contributed by atoms with Gasteiger partial charge in [-0.05, 0) is 44.2 Å². The molecule has 6 nitrogen and oxygen atoms in total. The Kier molecular flexibility index (Phi) is 8.57. The first-order valence-corrected chi connectivity index (χ1v) is 12.3. The lowest BCUT2D eigenvalue weighted by Gasteiger charge is -2.19. The Morgan fingerprint density at radius 2 is 1.97 bits per heavy atom. The molecule has 0 bridgehead atoms. The minimum absolute atomic E-state index is 0.0739. The van der Waals surface area contributed by atoms with Crippen LogP contribution in [0.15, 0.2) is 42.5 Å². The summed E-state index contributed by atoms with van der Waals surface area (Å²) in [6.45, 7) is 5.03. The SMILES string of the molecule is CCN(CC)C(=O)COc1ccc(NC(=O)CSCc2nc3ccccc3s2)cc1Cl. The van der Waals surface area contributed by atoms with E-state index in [9.17, 15) is 9.59 Å². The van der Waals surface area contributed by atoms with Crippen LogP contribution in [0.3, 0.4) is 0 Å². The van der Waals surface area contributed by atoms with E-state index in [0.717, 1.165) is 15.2 Å². The van der Waals surface area contributed by atoms with Gasteiger partial charge in [0.15, 0.2) is 6.61 Å². The van der Waals surface area contributed by atoms with Crippen molar-refractivity contribution in [1.82, 2.24) is 9.88 Å². The molecular weight excluding hydrogens is 454 g/mol. The van der Waals surface area contributed by atoms with Crippen LogP contribution in [-0.4, -0.2) is 47.1 Å². The highest BCUT2D eigenvalue weighted by molar-refractivity contribution is 7.99. The molecule has 1 aromatic heterocycles. The number of ether oxygens (including phenoxy) is 1. The highest BCUT2D eigenvalue weighted by atomic mass is 35.5. The zero-order valence-corrected chi connectivity index (χ0v) is 19.8. The third-order valence-corrected chi connectivity index (χ3v) is 6.94. The Morgan fingerprint density at radius 1 is 1.19 bits per heavy atom. The highest BCUT2D eigenvalue weighted by Gasteiger charge is 2.12. The van der Waals surface area contributed by atoms with Gasteiger partial charge >= 0.3 is 0 Å². The number of fused-ring (bicyclic) bond motifs is 1. The maximum Gasteiger partial charge on any atom is 0.260 e. The van der Waals surface area contributed by atoms with E-state index in [1.165, 1.54) is 11.8 Å². The van der Waals surface area contributed by atoms with Crippen LogP contribution in [0.5, 0.6) is 5.75 Å². The minimum atomic E-state index is -0.118. The van der Waals surface area contributed by atoms with Gasteiger partial charge in [-0.25, -0.2) is 4.98 Å². The number of carbonyl (C=O) groups is 2. The zero-order valence-electron chi connectivity index (χ0n) is 17.4. The third-order valence-electron chi connectivity index (χ3n) is 4.48. The first-order chi connectivity index (χ1) is 15.0. The fourth-order valence-corrected chi connectivity index (χ4v) is 4.99. The summed E-state index contributed by atoms with van der Waals surface area (Å²) in [5.41, 5.74) is 1.57. The first kappa shape index (κ1) is 23.4. The topological polar surface area (TPSA) is 71.5 Å². The molecule has 0 spiro atoms. The van der Waals surface area contributed by atoms with Crippen molar-refractivity contribution in [3.05, 3.63) is 52.5 Å². The van der Waals surface area contributed by atoms with Gasteiger partial charge in [-0.15, -0.1) is 23.1 Å². The molecule has 31 heavy (non-hydrogen) atoms. The van der Waals surface area contributed by atoms with Crippen molar-refractivity contribution >= 4 is 62.4 Å². The predicted octanol–water partition coefficient (Wildman–Crippen LogP) is 5.07. The maximum atomic E-state index is 12.3. The number of anilines is 1. The summed E-state index contributed by atoms with van der Waals surface area (Å²) in [5, 5.41) is 4.17. The monoisotopic (exact) mass is 477 g/mol. The minimum Gasteiger partial charge on any atom is -0.482 e. The number of aromatic nitrogens is 1. The Bertz CT molecular complexity index is 1020. The smallest absolute Gasteiger partial charge is 0.260 e. The molecule has 0 aliphatic heterocycles. The van der Waals surface area contributed by atoms with E-state index in [2.05, 4.69) is 10.3 Å². The molecule has 3 aromatic rings. The van der Waals surface area contributed by atoms with Crippen molar-refractivity contribution in [1.29, 1.82) is 0 Å². The maximum absolute atomic E-state index is 12.3. The molecule has 3 rings (SSSR count). The third kappa shape index (κ3) is 6.59. The number of benzene rings is 2. The van der Waals surface area contributed by atoms with Gasteiger partial charge in [-0.1, -0.05) is 23.7 Å². The van der Waals surface area contributed by atoms with E-state index in [4.69, 9.17) is 16.3 Å². The molecule has 2 aromatic carbocycles. The van der Waals surface area contributed by atoms with Crippen molar-refractivity contribution < 1.29 is 14.3 Å². The molecule has 0 unspecified atom stereocenters. The summed E-state index contributed by atoms with van der Waals surface area (Å²) in [4.78, 5) is 30.6. The number of likely N-dealkylation sites (N-methyl/N-ethyl adjacent to an activating group) is 1. The Hall–Kier alpha value is -2.29. The van der Waals surface area contributed by atoms with E-state index in [-0.39, 0.29) is 18.4 Å². The fraction of sp³-hybridized carbons (Fsp3) is 0.318. The van der Waals surface area contributed by atoms with Gasteiger partial charge in [0.25, 0.3) is 5.91 Å². The zero-order chi connectivity index (χ0) is 22.2. The predicted molar refractivity (Wildman–Crippen MR) is 129 cm³/mol. The molecule has 0 aliphatic carbocycles. The van der Waals surface area contributed by atoms with Gasteiger partial charge in [0.1, 0.15) is 10.8 Å². The number of hydrogen-bond acceptors (Lipinski definition) is 6. The highest BCUT2D eigenvalue weighted by Crippen LogP contribution is 2.28. The number of hydrogen-bond donors (Lipinski definition) is 1. The normalized spacial score (nSPS) is 10.8. The lowest BCUT2D eigenvalue weighted by atomic mass is 10.3. The quantitative estimate of drug-likeness (QED) is 0.441. The molecule has 9 heteroatoms. The first-order valence-electron chi connectivity index (χ1n) is 9.92. The second-order valence-corrected chi connectivity index (χ2v) is 9.12. The molecule has 164 valence electrons. The number of amides is 2. The van der Waals surface area contributed by atoms with Crippen molar-refractivity contribution in [3.63, 3.8) is 0 Å². The van der Waals surface area contributed by atoms with Crippen molar-refractivity contribution in [2.45, 2.75) is 19.6 Å². The molecule has 0 aliphatic rings. The second-order valence-electron chi connectivity index (χ2n) is 6.62. The van der Waals surface area contributed by atoms with Crippen LogP contribution in [0.4, 0.5) is 5.69 Å². The van der Waals surface area contributed by atoms with Crippen LogP contribution in [0.1, 0.15) is 18.9 Å². The summed E-state index contributed by atoms with van der Waals surface area (Å²) >= 11 is 9.41. The number of thiazole rings is 1. The molecule has 0 radical (unpaired) electrons. The average Bonchev–Trinajstić information content (AvgIpc) is 3.17. The van der Waals surface area contributed by atoms with Gasteiger partial charge in [0.2, 0.25) is 5.91 Å². The fourth-order valence-electron chi connectivity index (χ4n) is 2.91. The summed E-state index contributed by atoms with van der Waals surface area (Å²) in [6, 6.07) is 13.0. The Morgan fingerprint density at radius 3 is 2.68 bits per heavy atom. The second kappa shape index (κ2) is 11.4. The van der Waals surface area contributed by atoms with Crippen LogP contribution < -0.4 is 10.1 Å². The van der Waals surface area contributed by atoms with Crippen molar-refractivity contribution in [3.8, 4) is 5.75 Å². The molecule has 0 atom stereocenters. The standard InChI is InChI=1S/C22H24ClN3O3S2/c1-3-26(4-2)22(28)12-29-18-10-9-15(11-16(18)23)24-20(27)13-30-14-21-25-17-7-5-6-8-19(17)31-21/h5-11H,3-4,12-14H2,1-2H3,(H,24,27). The van der Waals surface area contributed by atoms with Gasteiger partial charge < -0.3 is 15.0 Å². The molecular formula is C22H24ClN3O3S2. The largest absolute Gasteiger partial charge is 0.482 e. The molecule has 0 saturated heterocycles. The van der Waals surface area contributed by atoms with E-state index >= 15 is 0 Å². The van der Waals surface area contributed by atoms with Gasteiger partial charge in [-0.3, -0.25) is 9.59 Å². The van der Waals surface area contributed by atoms with E-state index in [1.54, 1.807) is 34.4 Å². The van der Waals surface area contributed by atoms with Gasteiger partial charge in [0.05, 0.1) is 21.0 Å². The molecule has 2 amide bonds. The van der Waals surface area contributed by atoms with Crippen LogP contribution in [0, 0.1) is 0 Å². The average molecular weight is 478 g/mol. The van der Waals surface area contributed by atoms with E-state index in [1.807, 2.05) is 38.1 Å². The van der Waals surface area contributed by atoms with Gasteiger partial charge in [-0.2, -0.15) is 0 Å². The Labute approximate surface area is 194 Å². The van der Waals surface area contributed by atoms with Crippen molar-refractivity contribution in [2.24, 2.45) is 0 Å². The number of thioether (sulfide) groups is 1. The lowest BCUT2D eigenvalue weighted by Crippen LogP contribution is -2.34. The molecule has 1 heterocycles. The molecule has 1 N–H and O–H groups in total. The molecule has 0 fully saturated rings. The number of nitrogens with zero attached hydrogens (tertiary/aromatic N) is 2. The summed E-state index contributed by atoms with van der Waals surface area (Å²) in [6.07, 6.45) is 0. The number of para-hydroxylation sites is 1. The van der Waals surface area contributed by atoms with Gasteiger partial charge in [0, 0.05) is 24.5 Å². The number of halogens is 1. The van der Waals surface area contributed by atoms with Crippen molar-refractivity contribution in [2.75, 3.05) is 30.8 Å². The molecule has 0 saturated carbocycles. The van der Waals surface area contributed by atoms with Crippen LogP contribution in [-0.2, 0) is 15.3 Å². The van der Waals surface area contributed by atoms with E-state index < -0.39 is 0 Å².